The standard InChI is InChI=1S/C27H38BrN3O5/c1-2-3-9-14-29-25(34)23-27-17-19(28)22(36-27)20(24(33)30-18-12-7-6-8-13-18)21(27)26(35)31(23)15-10-4-5-11-16-32/h6-8,12-13,19-23,32H,2-5,9-11,14-17H2,1H3,(H,29,34)(H,30,33)/t19?,20-,21-,22-,23?,27?/m0/s1. The Balaban J connectivity index is 1.58. The van der Waals surface area contributed by atoms with Gasteiger partial charge in [0.25, 0.3) is 0 Å². The fraction of sp³-hybridized carbons (Fsp3) is 0.667. The van der Waals surface area contributed by atoms with Crippen molar-refractivity contribution in [3.63, 3.8) is 0 Å². The number of nitrogens with one attached hydrogen (secondary N) is 2. The van der Waals surface area contributed by atoms with Gasteiger partial charge >= 0.3 is 0 Å². The monoisotopic (exact) mass is 563 g/mol. The number of carbonyl (C=O) groups is 3. The zero-order chi connectivity index (χ0) is 25.7. The number of hydrogen-bond acceptors (Lipinski definition) is 5. The Hall–Kier alpha value is -1.97. The second-order valence-corrected chi connectivity index (χ2v) is 11.4. The van der Waals surface area contributed by atoms with E-state index in [1.807, 2.05) is 30.3 Å². The quantitative estimate of drug-likeness (QED) is 0.252. The summed E-state index contributed by atoms with van der Waals surface area (Å²) in [7, 11) is 0. The number of alkyl halides is 1. The fourth-order valence-corrected chi connectivity index (χ4v) is 7.09. The number of anilines is 1. The van der Waals surface area contributed by atoms with Gasteiger partial charge in [-0.3, -0.25) is 14.4 Å². The molecule has 2 bridgehead atoms. The van der Waals surface area contributed by atoms with Crippen LogP contribution in [-0.4, -0.2) is 70.0 Å². The van der Waals surface area contributed by atoms with E-state index in [0.29, 0.717) is 25.2 Å². The Morgan fingerprint density at radius 3 is 2.58 bits per heavy atom. The molecule has 3 aliphatic rings. The number of fused-ring (bicyclic) bond motifs is 1. The van der Waals surface area contributed by atoms with Crippen molar-refractivity contribution in [1.82, 2.24) is 10.2 Å². The van der Waals surface area contributed by atoms with Crippen LogP contribution in [0.1, 0.15) is 58.3 Å². The zero-order valence-corrected chi connectivity index (χ0v) is 22.5. The minimum absolute atomic E-state index is 0.118. The third-order valence-electron chi connectivity index (χ3n) is 7.77. The molecular formula is C27H38BrN3O5. The molecule has 9 heteroatoms. The lowest BCUT2D eigenvalue weighted by molar-refractivity contribution is -0.141. The Labute approximate surface area is 221 Å². The number of nitrogens with zero attached hydrogens (tertiary/aromatic N) is 1. The number of carbonyl (C=O) groups excluding carboxylic acids is 3. The largest absolute Gasteiger partial charge is 0.396 e. The molecule has 36 heavy (non-hydrogen) atoms. The predicted molar refractivity (Wildman–Crippen MR) is 141 cm³/mol. The molecule has 3 aliphatic heterocycles. The number of aliphatic hydroxyl groups is 1. The molecule has 3 N–H and O–H groups in total. The van der Waals surface area contributed by atoms with Gasteiger partial charge in [0.15, 0.2) is 0 Å². The fourth-order valence-electron chi connectivity index (χ4n) is 6.15. The van der Waals surface area contributed by atoms with Crippen molar-refractivity contribution in [2.75, 3.05) is 25.0 Å². The molecule has 3 saturated heterocycles. The van der Waals surface area contributed by atoms with Gasteiger partial charge < -0.3 is 25.4 Å². The third kappa shape index (κ3) is 5.20. The molecule has 4 rings (SSSR count). The highest BCUT2D eigenvalue weighted by Crippen LogP contribution is 2.60. The summed E-state index contributed by atoms with van der Waals surface area (Å²) in [5.41, 5.74) is -0.351. The molecule has 1 aromatic carbocycles. The minimum atomic E-state index is -1.02. The molecule has 3 fully saturated rings. The molecule has 3 heterocycles. The summed E-state index contributed by atoms with van der Waals surface area (Å²) < 4.78 is 6.51. The molecular weight excluding hydrogens is 526 g/mol. The predicted octanol–water partition coefficient (Wildman–Crippen LogP) is 3.23. The average molecular weight is 565 g/mol. The first-order valence-corrected chi connectivity index (χ1v) is 14.2. The van der Waals surface area contributed by atoms with Crippen molar-refractivity contribution in [1.29, 1.82) is 0 Å². The van der Waals surface area contributed by atoms with Crippen molar-refractivity contribution < 1.29 is 24.2 Å². The van der Waals surface area contributed by atoms with Crippen LogP contribution in [0.4, 0.5) is 5.69 Å². The number of para-hydroxylation sites is 1. The Morgan fingerprint density at radius 1 is 1.11 bits per heavy atom. The van der Waals surface area contributed by atoms with E-state index in [-0.39, 0.29) is 29.2 Å². The first kappa shape index (κ1) is 27.1. The summed E-state index contributed by atoms with van der Waals surface area (Å²) in [6.07, 6.45) is 6.18. The van der Waals surface area contributed by atoms with E-state index >= 15 is 0 Å². The highest BCUT2D eigenvalue weighted by Gasteiger charge is 2.76. The molecule has 198 valence electrons. The zero-order valence-electron chi connectivity index (χ0n) is 21.0. The normalized spacial score (nSPS) is 30.5. The van der Waals surface area contributed by atoms with Crippen LogP contribution in [0.25, 0.3) is 0 Å². The van der Waals surface area contributed by atoms with Crippen LogP contribution < -0.4 is 10.6 Å². The number of unbranched alkanes of at least 4 members (excludes halogenated alkanes) is 5. The maximum absolute atomic E-state index is 13.9. The summed E-state index contributed by atoms with van der Waals surface area (Å²) in [5, 5.41) is 15.1. The first-order chi connectivity index (χ1) is 17.4. The van der Waals surface area contributed by atoms with E-state index in [1.54, 1.807) is 4.90 Å². The number of aliphatic hydroxyl groups excluding tert-OH is 1. The SMILES string of the molecule is CCCCCNC(=O)C1N(CCCCCCO)C(=O)[C@@H]2[C@H](C(=O)Nc3ccccc3)[C@H]3OC12CC3Br. The second-order valence-electron chi connectivity index (χ2n) is 10.2. The Kier molecular flexibility index (Phi) is 9.06. The Bertz CT molecular complexity index is 931. The molecule has 8 nitrogen and oxygen atoms in total. The van der Waals surface area contributed by atoms with Crippen LogP contribution in [-0.2, 0) is 19.1 Å². The lowest BCUT2D eigenvalue weighted by Gasteiger charge is -2.34. The molecule has 0 saturated carbocycles. The van der Waals surface area contributed by atoms with E-state index < -0.39 is 29.6 Å². The molecule has 0 aliphatic carbocycles. The van der Waals surface area contributed by atoms with Gasteiger partial charge in [0.2, 0.25) is 17.7 Å². The number of likely N-dealkylation sites (tertiary alicyclic amines) is 1. The molecule has 3 unspecified atom stereocenters. The van der Waals surface area contributed by atoms with E-state index in [2.05, 4.69) is 33.5 Å². The van der Waals surface area contributed by atoms with Crippen LogP contribution in [0.2, 0.25) is 0 Å². The first-order valence-electron chi connectivity index (χ1n) is 13.3. The highest BCUT2D eigenvalue weighted by atomic mass is 79.9. The molecule has 1 aromatic rings. The van der Waals surface area contributed by atoms with E-state index in [4.69, 9.17) is 9.84 Å². The third-order valence-corrected chi connectivity index (χ3v) is 8.61. The summed E-state index contributed by atoms with van der Waals surface area (Å²) in [5.74, 6) is -1.97. The molecule has 1 spiro atoms. The Morgan fingerprint density at radius 2 is 1.86 bits per heavy atom. The number of halogens is 1. The van der Waals surface area contributed by atoms with Crippen molar-refractivity contribution >= 4 is 39.3 Å². The van der Waals surface area contributed by atoms with Gasteiger partial charge in [-0.2, -0.15) is 0 Å². The van der Waals surface area contributed by atoms with Gasteiger partial charge in [-0.1, -0.05) is 66.7 Å². The van der Waals surface area contributed by atoms with E-state index in [0.717, 1.165) is 44.9 Å². The number of ether oxygens (including phenoxy) is 1. The number of hydrogen-bond donors (Lipinski definition) is 3. The molecule has 3 amide bonds. The van der Waals surface area contributed by atoms with Crippen LogP contribution in [0.3, 0.4) is 0 Å². The second kappa shape index (κ2) is 12.0. The maximum atomic E-state index is 13.9. The van der Waals surface area contributed by atoms with E-state index in [1.165, 1.54) is 0 Å². The molecule has 0 aromatic heterocycles. The van der Waals surface area contributed by atoms with Gasteiger partial charge in [-0.15, -0.1) is 0 Å². The minimum Gasteiger partial charge on any atom is -0.396 e. The van der Waals surface area contributed by atoms with E-state index in [9.17, 15) is 14.4 Å². The number of rotatable bonds is 13. The van der Waals surface area contributed by atoms with Gasteiger partial charge in [0.1, 0.15) is 11.6 Å². The lowest BCUT2D eigenvalue weighted by Crippen LogP contribution is -2.56. The van der Waals surface area contributed by atoms with Crippen molar-refractivity contribution in [2.24, 2.45) is 11.8 Å². The summed E-state index contributed by atoms with van der Waals surface area (Å²) in [6.45, 7) is 3.25. The smallest absolute Gasteiger partial charge is 0.245 e. The van der Waals surface area contributed by atoms with Gasteiger partial charge in [0, 0.05) is 30.2 Å². The summed E-state index contributed by atoms with van der Waals surface area (Å²) in [6, 6.07) is 8.45. The van der Waals surface area contributed by atoms with Crippen LogP contribution in [0.5, 0.6) is 0 Å². The topological polar surface area (TPSA) is 108 Å². The molecule has 6 atom stereocenters. The van der Waals surface area contributed by atoms with Crippen molar-refractivity contribution in [2.45, 2.75) is 80.9 Å². The van der Waals surface area contributed by atoms with Gasteiger partial charge in [-0.05, 0) is 37.8 Å². The van der Waals surface area contributed by atoms with Crippen molar-refractivity contribution in [3.8, 4) is 0 Å². The summed E-state index contributed by atoms with van der Waals surface area (Å²) >= 11 is 3.70. The molecule has 0 radical (unpaired) electrons. The highest BCUT2D eigenvalue weighted by molar-refractivity contribution is 9.09. The summed E-state index contributed by atoms with van der Waals surface area (Å²) in [4.78, 5) is 42.5. The number of amides is 3. The average Bonchev–Trinajstić information content (AvgIpc) is 3.45. The lowest BCUT2D eigenvalue weighted by atomic mass is 9.70. The van der Waals surface area contributed by atoms with Crippen molar-refractivity contribution in [3.05, 3.63) is 30.3 Å². The van der Waals surface area contributed by atoms with Crippen LogP contribution in [0, 0.1) is 11.8 Å². The maximum Gasteiger partial charge on any atom is 0.245 e. The van der Waals surface area contributed by atoms with Gasteiger partial charge in [-0.25, -0.2) is 0 Å². The number of benzene rings is 1. The van der Waals surface area contributed by atoms with Gasteiger partial charge in [0.05, 0.1) is 17.9 Å². The van der Waals surface area contributed by atoms with Crippen LogP contribution >= 0.6 is 15.9 Å². The van der Waals surface area contributed by atoms with Crippen LogP contribution in [0.15, 0.2) is 30.3 Å².